The van der Waals surface area contributed by atoms with Crippen molar-refractivity contribution in [2.45, 2.75) is 198 Å². The summed E-state index contributed by atoms with van der Waals surface area (Å²) in [7, 11) is 7.15. The van der Waals surface area contributed by atoms with Gasteiger partial charge < -0.3 is 63.1 Å². The smallest absolute Gasteiger partial charge is 0.458 e. The topological polar surface area (TPSA) is 224 Å². The van der Waals surface area contributed by atoms with Gasteiger partial charge in [0.15, 0.2) is 30.4 Å². The first kappa shape index (κ1) is 56.2. The van der Waals surface area contributed by atoms with Crippen LogP contribution in [0, 0.1) is 23.6 Å². The molecule has 1 aromatic carbocycles. The van der Waals surface area contributed by atoms with Crippen molar-refractivity contribution >= 4 is 18.2 Å². The minimum Gasteiger partial charge on any atom is -0.458 e. The Bertz CT molecular complexity index is 2100. The lowest BCUT2D eigenvalue weighted by atomic mass is 9.77. The molecule has 71 heavy (non-hydrogen) atoms. The molecule has 20 nitrogen and oxygen atoms in total. The van der Waals surface area contributed by atoms with Gasteiger partial charge in [-0.05, 0) is 112 Å². The van der Waals surface area contributed by atoms with Gasteiger partial charge in [-0.2, -0.15) is 0 Å². The molecular formula is C50H79FN6O14. The Morgan fingerprint density at radius 3 is 2.34 bits per heavy atom. The summed E-state index contributed by atoms with van der Waals surface area (Å²) in [5.41, 5.74) is -2.89. The number of hydrogen-bond acceptors (Lipinski definition) is 18. The predicted molar refractivity (Wildman–Crippen MR) is 254 cm³/mol. The van der Waals surface area contributed by atoms with Crippen molar-refractivity contribution < 1.29 is 71.6 Å². The van der Waals surface area contributed by atoms with Crippen LogP contribution >= 0.6 is 0 Å². The lowest BCUT2D eigenvalue weighted by Crippen LogP contribution is -2.61. The zero-order chi connectivity index (χ0) is 52.3. The summed E-state index contributed by atoms with van der Waals surface area (Å²) in [5, 5.41) is 35.5. The number of likely N-dealkylation sites (N-methyl/N-ethyl adjacent to an activating group) is 2. The standard InChI is InChI=1S/C50H79FN6O14/c1-15-37-50(10)42(70-47(61)71-50)31(6)56(13)24-27(2)21-48(8,62)41(68-45-39(58)36(55(11)12)20-28(3)64-45)29(4)40(30(5)44(59)66-37)67-38-22-49(9,63-14)43(32(7)65-38)69-46(60)52-23-35-26-57(54-53-35)25-33-16-18-34(51)19-17-33/h16-19,26-32,36-43,45,58,62H,15,20-25H2,1-14H3,(H,52,60)/t27-,28-,29+,30-,31-,32+,36+,37-,38+,39-,40+,41-,42-,43+,45+,48-,49-,50-/m1/s1. The molecule has 0 unspecified atom stereocenters. The molecule has 0 saturated carbocycles. The number of esters is 1. The first-order chi connectivity index (χ1) is 33.3. The van der Waals surface area contributed by atoms with Crippen molar-refractivity contribution in [1.82, 2.24) is 30.1 Å². The average Bonchev–Trinajstić information content (AvgIpc) is 3.89. The highest BCUT2D eigenvalue weighted by atomic mass is 19.1. The molecule has 4 aliphatic heterocycles. The van der Waals surface area contributed by atoms with E-state index in [9.17, 15) is 29.0 Å². The number of amides is 1. The number of halogens is 1. The van der Waals surface area contributed by atoms with Gasteiger partial charge in [0.2, 0.25) is 0 Å². The second kappa shape index (κ2) is 23.0. The number of aliphatic hydroxyl groups is 2. The molecule has 0 spiro atoms. The van der Waals surface area contributed by atoms with E-state index < -0.39 is 108 Å². The van der Waals surface area contributed by atoms with Crippen LogP contribution in [-0.2, 0) is 60.5 Å². The zero-order valence-electron chi connectivity index (χ0n) is 43.9. The van der Waals surface area contributed by atoms with Crippen molar-refractivity contribution in [3.05, 3.63) is 47.5 Å². The first-order valence-corrected chi connectivity index (χ1v) is 24.9. The Hall–Kier alpha value is -4.06. The maximum absolute atomic E-state index is 14.8. The Morgan fingerprint density at radius 2 is 1.69 bits per heavy atom. The van der Waals surface area contributed by atoms with E-state index in [0.29, 0.717) is 25.2 Å². The van der Waals surface area contributed by atoms with E-state index in [1.807, 2.05) is 65.6 Å². The molecule has 0 bridgehead atoms. The summed E-state index contributed by atoms with van der Waals surface area (Å²) >= 11 is 0. The molecule has 2 aromatic rings. The number of aliphatic hydroxyl groups excluding tert-OH is 1. The molecule has 5 heterocycles. The molecule has 4 saturated heterocycles. The summed E-state index contributed by atoms with van der Waals surface area (Å²) in [6, 6.07) is 5.33. The highest BCUT2D eigenvalue weighted by Crippen LogP contribution is 2.42. The number of nitrogens with zero attached hydrogens (tertiary/aromatic N) is 5. The van der Waals surface area contributed by atoms with Crippen LogP contribution in [0.15, 0.2) is 30.5 Å². The van der Waals surface area contributed by atoms with Crippen LogP contribution in [0.25, 0.3) is 0 Å². The number of alkyl carbamates (subject to hydrolysis) is 1. The van der Waals surface area contributed by atoms with Crippen LogP contribution in [0.3, 0.4) is 0 Å². The van der Waals surface area contributed by atoms with Crippen LogP contribution in [-0.4, -0.2) is 178 Å². The van der Waals surface area contributed by atoms with Gasteiger partial charge in [-0.25, -0.2) is 18.7 Å². The summed E-state index contributed by atoms with van der Waals surface area (Å²) in [4.78, 5) is 45.0. The highest BCUT2D eigenvalue weighted by molar-refractivity contribution is 5.73. The first-order valence-electron chi connectivity index (χ1n) is 24.9. The molecule has 0 aliphatic carbocycles. The van der Waals surface area contributed by atoms with Crippen LogP contribution in [0.1, 0.15) is 106 Å². The lowest BCUT2D eigenvalue weighted by Gasteiger charge is -2.49. The number of ether oxygens (including phenoxy) is 9. The summed E-state index contributed by atoms with van der Waals surface area (Å²) in [6.45, 7) is 18.8. The number of cyclic esters (lactones) is 1. The quantitative estimate of drug-likeness (QED) is 0.192. The number of benzene rings is 1. The van der Waals surface area contributed by atoms with E-state index in [4.69, 9.17) is 42.6 Å². The maximum atomic E-state index is 14.8. The summed E-state index contributed by atoms with van der Waals surface area (Å²) in [6.07, 6.45) is -8.28. The SMILES string of the molecule is CC[C@H]1OC(=O)[C@H](C)[C@@H](O[C@H]2C[C@@](C)(OC)[C@@H](OC(=O)NCc3cn(Cc4ccc(F)cc4)nn3)[C@H](C)O2)[C@H](C)[C@@H](O[C@@H]2O[C@H](C)C[C@H](N(C)C)[C@H]2O)[C@](C)(O)C[C@@H](C)CN(C)[C@H](C)[C@H]2OC(=O)O[C@@]21C. The van der Waals surface area contributed by atoms with Crippen molar-refractivity contribution in [3.63, 3.8) is 0 Å². The van der Waals surface area contributed by atoms with E-state index in [1.54, 1.807) is 57.6 Å². The Kier molecular flexibility index (Phi) is 18.2. The summed E-state index contributed by atoms with van der Waals surface area (Å²) < 4.78 is 71.7. The molecule has 1 amide bonds. The van der Waals surface area contributed by atoms with Gasteiger partial charge in [-0.15, -0.1) is 5.10 Å². The number of fused-ring (bicyclic) bond motifs is 1. The van der Waals surface area contributed by atoms with Crippen molar-refractivity contribution in [2.75, 3.05) is 34.8 Å². The summed E-state index contributed by atoms with van der Waals surface area (Å²) in [5.74, 6) is -3.10. The largest absolute Gasteiger partial charge is 0.509 e. The molecule has 18 atom stereocenters. The third kappa shape index (κ3) is 13.0. The number of carbonyl (C=O) groups excluding carboxylic acids is 3. The third-order valence-corrected chi connectivity index (χ3v) is 15.1. The minimum atomic E-state index is -1.63. The molecule has 0 radical (unpaired) electrons. The molecule has 400 valence electrons. The molecule has 3 N–H and O–H groups in total. The fourth-order valence-corrected chi connectivity index (χ4v) is 11.1. The maximum Gasteiger partial charge on any atom is 0.509 e. The number of hydrogen-bond donors (Lipinski definition) is 3. The Morgan fingerprint density at radius 1 is 1.00 bits per heavy atom. The number of rotatable bonds is 12. The van der Waals surface area contributed by atoms with Gasteiger partial charge in [-0.3, -0.25) is 9.69 Å². The van der Waals surface area contributed by atoms with E-state index in [1.165, 1.54) is 19.2 Å². The van der Waals surface area contributed by atoms with Gasteiger partial charge in [0, 0.05) is 38.1 Å². The van der Waals surface area contributed by atoms with Crippen LogP contribution in [0.2, 0.25) is 0 Å². The number of nitrogens with one attached hydrogen (secondary N) is 1. The molecule has 4 fully saturated rings. The predicted octanol–water partition coefficient (Wildman–Crippen LogP) is 4.80. The van der Waals surface area contributed by atoms with Crippen LogP contribution in [0.4, 0.5) is 14.0 Å². The second-order valence-corrected chi connectivity index (χ2v) is 21.3. The van der Waals surface area contributed by atoms with Gasteiger partial charge >= 0.3 is 18.2 Å². The van der Waals surface area contributed by atoms with Crippen molar-refractivity contribution in [3.8, 4) is 0 Å². The highest BCUT2D eigenvalue weighted by Gasteiger charge is 2.58. The molecule has 21 heteroatoms. The lowest BCUT2D eigenvalue weighted by molar-refractivity contribution is -0.317. The fourth-order valence-electron chi connectivity index (χ4n) is 11.1. The fraction of sp³-hybridized carbons (Fsp3) is 0.780. The number of carbonyl (C=O) groups is 3. The van der Waals surface area contributed by atoms with Crippen LogP contribution < -0.4 is 5.32 Å². The minimum absolute atomic E-state index is 0.000504. The monoisotopic (exact) mass is 1010 g/mol. The van der Waals surface area contributed by atoms with Crippen molar-refractivity contribution in [2.24, 2.45) is 17.8 Å². The van der Waals surface area contributed by atoms with E-state index >= 15 is 0 Å². The Labute approximate surface area is 417 Å². The zero-order valence-corrected chi connectivity index (χ0v) is 43.9. The third-order valence-electron chi connectivity index (χ3n) is 15.1. The molecular weight excluding hydrogens is 928 g/mol. The molecule has 4 aliphatic rings. The second-order valence-electron chi connectivity index (χ2n) is 21.3. The average molecular weight is 1010 g/mol. The van der Waals surface area contributed by atoms with Gasteiger partial charge in [0.1, 0.15) is 29.3 Å². The van der Waals surface area contributed by atoms with Crippen molar-refractivity contribution in [1.29, 1.82) is 0 Å². The number of aromatic nitrogens is 3. The van der Waals surface area contributed by atoms with Gasteiger partial charge in [-0.1, -0.05) is 38.1 Å². The van der Waals surface area contributed by atoms with E-state index in [2.05, 4.69) is 15.6 Å². The van der Waals surface area contributed by atoms with Gasteiger partial charge in [0.25, 0.3) is 0 Å². The molecule has 6 rings (SSSR count). The molecule has 1 aromatic heterocycles. The Balaban J connectivity index is 1.28. The van der Waals surface area contributed by atoms with Crippen LogP contribution in [0.5, 0.6) is 0 Å². The van der Waals surface area contributed by atoms with E-state index in [0.717, 1.165) is 5.56 Å². The normalized spacial score (nSPS) is 39.9. The van der Waals surface area contributed by atoms with Gasteiger partial charge in [0.05, 0.1) is 55.2 Å². The van der Waals surface area contributed by atoms with E-state index in [-0.39, 0.29) is 49.7 Å². The number of methoxy groups -OCH3 is 1.